The van der Waals surface area contributed by atoms with Crippen LogP contribution in [0.5, 0.6) is 5.88 Å². The van der Waals surface area contributed by atoms with Crippen LogP contribution in [-0.4, -0.2) is 22.3 Å². The molecule has 0 aromatic carbocycles. The van der Waals surface area contributed by atoms with Gasteiger partial charge in [-0.1, -0.05) is 0 Å². The Morgan fingerprint density at radius 3 is 2.50 bits per heavy atom. The lowest BCUT2D eigenvalue weighted by Gasteiger charge is -1.99. The average Bonchev–Trinajstić information content (AvgIpc) is 1.88. The minimum atomic E-state index is 0.0401. The first-order chi connectivity index (χ1) is 4.74. The highest BCUT2D eigenvalue weighted by Crippen LogP contribution is 2.11. The van der Waals surface area contributed by atoms with E-state index in [1.165, 1.54) is 7.11 Å². The summed E-state index contributed by atoms with van der Waals surface area (Å²) in [6.07, 6.45) is 0. The number of rotatable bonds is 1. The summed E-state index contributed by atoms with van der Waals surface area (Å²) in [4.78, 5) is 3.60. The average molecular weight is 141 g/mol. The van der Waals surface area contributed by atoms with Crippen molar-refractivity contribution in [2.24, 2.45) is 0 Å². The molecule has 1 rings (SSSR count). The first-order valence-electron chi connectivity index (χ1n) is 2.53. The highest BCUT2D eigenvalue weighted by atomic mass is 16.5. The Labute approximate surface area is 57.2 Å². The minimum Gasteiger partial charge on any atom is -0.477 e. The number of methoxy groups -OCH3 is 1. The second-order valence-electron chi connectivity index (χ2n) is 1.56. The maximum atomic E-state index is 5.31. The van der Waals surface area contributed by atoms with Gasteiger partial charge in [-0.05, 0) is 0 Å². The van der Waals surface area contributed by atoms with Gasteiger partial charge in [0.1, 0.15) is 0 Å². The lowest BCUT2D eigenvalue weighted by molar-refractivity contribution is 0.392. The van der Waals surface area contributed by atoms with Crippen molar-refractivity contribution in [3.05, 3.63) is 0 Å². The van der Waals surface area contributed by atoms with Crippen LogP contribution in [0, 0.1) is 0 Å². The Morgan fingerprint density at radius 1 is 1.30 bits per heavy atom. The van der Waals surface area contributed by atoms with Crippen LogP contribution < -0.4 is 16.2 Å². The third-order valence-electron chi connectivity index (χ3n) is 0.891. The Hall–Kier alpha value is -1.59. The van der Waals surface area contributed by atoms with E-state index in [1.54, 1.807) is 0 Å². The van der Waals surface area contributed by atoms with E-state index in [9.17, 15) is 0 Å². The van der Waals surface area contributed by atoms with Gasteiger partial charge in [-0.2, -0.15) is 4.98 Å². The molecular weight excluding hydrogens is 134 g/mol. The second-order valence-corrected chi connectivity index (χ2v) is 1.56. The lowest BCUT2D eigenvalue weighted by atomic mass is 10.7. The topological polar surface area (TPSA) is 99.9 Å². The molecule has 4 N–H and O–H groups in total. The van der Waals surface area contributed by atoms with Crippen molar-refractivity contribution in [2.75, 3.05) is 18.6 Å². The molecule has 1 aromatic rings. The van der Waals surface area contributed by atoms with Gasteiger partial charge >= 0.3 is 0 Å². The summed E-state index contributed by atoms with van der Waals surface area (Å²) in [6, 6.07) is 0. The summed E-state index contributed by atoms with van der Waals surface area (Å²) in [5.74, 6) is 0.377. The Kier molecular flexibility index (Phi) is 1.53. The third kappa shape index (κ3) is 1.04. The summed E-state index contributed by atoms with van der Waals surface area (Å²) in [7, 11) is 1.43. The number of nitrogen functional groups attached to an aromatic ring is 2. The van der Waals surface area contributed by atoms with Gasteiger partial charge in [0.15, 0.2) is 5.82 Å². The van der Waals surface area contributed by atoms with Crippen LogP contribution in [0.1, 0.15) is 0 Å². The van der Waals surface area contributed by atoms with Gasteiger partial charge in [-0.3, -0.25) is 0 Å². The first kappa shape index (κ1) is 6.53. The molecule has 6 heteroatoms. The van der Waals surface area contributed by atoms with Crippen LogP contribution in [0.2, 0.25) is 0 Å². The Bertz CT molecular complexity index is 237. The number of aromatic nitrogens is 3. The fourth-order valence-electron chi connectivity index (χ4n) is 0.487. The molecule has 0 aliphatic heterocycles. The molecule has 6 nitrogen and oxygen atoms in total. The molecule has 54 valence electrons. The predicted octanol–water partition coefficient (Wildman–Crippen LogP) is -0.955. The molecule has 1 aromatic heterocycles. The molecule has 0 radical (unpaired) electrons. The van der Waals surface area contributed by atoms with Crippen molar-refractivity contribution in [3.8, 4) is 5.88 Å². The summed E-state index contributed by atoms with van der Waals surface area (Å²) in [5.41, 5.74) is 10.5. The van der Waals surface area contributed by atoms with Crippen LogP contribution in [-0.2, 0) is 0 Å². The van der Waals surface area contributed by atoms with E-state index in [2.05, 4.69) is 19.9 Å². The zero-order valence-electron chi connectivity index (χ0n) is 5.40. The Balaban J connectivity index is 3.07. The van der Waals surface area contributed by atoms with Crippen molar-refractivity contribution in [3.63, 3.8) is 0 Å². The number of hydrogen-bond donors (Lipinski definition) is 2. The number of nitrogens with two attached hydrogens (primary N) is 2. The molecule has 0 amide bonds. The van der Waals surface area contributed by atoms with Gasteiger partial charge in [0.2, 0.25) is 5.95 Å². The normalized spacial score (nSPS) is 9.30. The second kappa shape index (κ2) is 2.34. The summed E-state index contributed by atoms with van der Waals surface area (Å²) in [6.45, 7) is 0. The van der Waals surface area contributed by atoms with Crippen LogP contribution in [0.3, 0.4) is 0 Å². The van der Waals surface area contributed by atoms with Crippen LogP contribution in [0.4, 0.5) is 11.8 Å². The summed E-state index contributed by atoms with van der Waals surface area (Å²) >= 11 is 0. The van der Waals surface area contributed by atoms with E-state index >= 15 is 0 Å². The van der Waals surface area contributed by atoms with Gasteiger partial charge in [-0.25, -0.2) is 0 Å². The zero-order valence-corrected chi connectivity index (χ0v) is 5.40. The molecule has 0 saturated carbocycles. The fourth-order valence-corrected chi connectivity index (χ4v) is 0.487. The number of ether oxygens (including phenoxy) is 1. The quantitative estimate of drug-likeness (QED) is 0.522. The molecular formula is C4H7N5O. The lowest BCUT2D eigenvalue weighted by Crippen LogP contribution is -2.04. The molecule has 10 heavy (non-hydrogen) atoms. The van der Waals surface area contributed by atoms with Crippen LogP contribution in [0.15, 0.2) is 0 Å². The molecule has 0 spiro atoms. The molecule has 0 aliphatic rings. The van der Waals surface area contributed by atoms with Gasteiger partial charge in [0, 0.05) is 0 Å². The molecule has 1 heterocycles. The third-order valence-corrected chi connectivity index (χ3v) is 0.891. The van der Waals surface area contributed by atoms with E-state index in [4.69, 9.17) is 11.5 Å². The summed E-state index contributed by atoms with van der Waals surface area (Å²) < 4.78 is 4.68. The van der Waals surface area contributed by atoms with Crippen LogP contribution in [0.25, 0.3) is 0 Å². The van der Waals surface area contributed by atoms with E-state index in [1.807, 2.05) is 0 Å². The van der Waals surface area contributed by atoms with Crippen molar-refractivity contribution in [2.45, 2.75) is 0 Å². The molecule has 0 unspecified atom stereocenters. The molecule has 0 fully saturated rings. The zero-order chi connectivity index (χ0) is 7.56. The predicted molar refractivity (Wildman–Crippen MR) is 35.2 cm³/mol. The largest absolute Gasteiger partial charge is 0.477 e. The highest BCUT2D eigenvalue weighted by Gasteiger charge is 2.01. The van der Waals surface area contributed by atoms with Gasteiger partial charge in [0.05, 0.1) is 7.11 Å². The first-order valence-corrected chi connectivity index (χ1v) is 2.53. The number of nitrogens with zero attached hydrogens (tertiary/aromatic N) is 3. The van der Waals surface area contributed by atoms with E-state index < -0.39 is 0 Å². The standard InChI is InChI=1S/C4H7N5O/c1-10-3-2(5)7-4(6)9-8-3/h1H3,(H4,5,6,7,9). The van der Waals surface area contributed by atoms with Crippen molar-refractivity contribution < 1.29 is 4.74 Å². The monoisotopic (exact) mass is 141 g/mol. The van der Waals surface area contributed by atoms with E-state index in [-0.39, 0.29) is 17.6 Å². The highest BCUT2D eigenvalue weighted by molar-refractivity contribution is 5.41. The molecule has 0 saturated heterocycles. The van der Waals surface area contributed by atoms with Gasteiger partial charge < -0.3 is 16.2 Å². The Morgan fingerprint density at radius 2 is 2.00 bits per heavy atom. The van der Waals surface area contributed by atoms with Gasteiger partial charge in [-0.15, -0.1) is 10.2 Å². The SMILES string of the molecule is COc1nnc(N)nc1N. The van der Waals surface area contributed by atoms with Crippen LogP contribution >= 0.6 is 0 Å². The summed E-state index contributed by atoms with van der Waals surface area (Å²) in [5, 5.41) is 6.93. The van der Waals surface area contributed by atoms with E-state index in [0.29, 0.717) is 0 Å². The fraction of sp³-hybridized carbons (Fsp3) is 0.250. The minimum absolute atomic E-state index is 0.0401. The van der Waals surface area contributed by atoms with Gasteiger partial charge in [0.25, 0.3) is 5.88 Å². The van der Waals surface area contributed by atoms with Crippen molar-refractivity contribution >= 4 is 11.8 Å². The van der Waals surface area contributed by atoms with Crippen molar-refractivity contribution in [1.82, 2.24) is 15.2 Å². The smallest absolute Gasteiger partial charge is 0.276 e. The maximum absolute atomic E-state index is 5.31. The maximum Gasteiger partial charge on any atom is 0.276 e. The van der Waals surface area contributed by atoms with E-state index in [0.717, 1.165) is 0 Å². The number of hydrogen-bond acceptors (Lipinski definition) is 6. The number of anilines is 2. The molecule has 0 atom stereocenters. The molecule has 0 bridgehead atoms. The molecule has 0 aliphatic carbocycles. The van der Waals surface area contributed by atoms with Crippen molar-refractivity contribution in [1.29, 1.82) is 0 Å².